The Balaban J connectivity index is 1.96. The summed E-state index contributed by atoms with van der Waals surface area (Å²) in [7, 11) is 0. The summed E-state index contributed by atoms with van der Waals surface area (Å²) in [5.41, 5.74) is 2.73. The van der Waals surface area contributed by atoms with Crippen LogP contribution in [-0.4, -0.2) is 11.1 Å². The average Bonchev–Trinajstić information content (AvgIpc) is 2.41. The van der Waals surface area contributed by atoms with Gasteiger partial charge in [-0.3, -0.25) is 4.79 Å². The zero-order chi connectivity index (χ0) is 14.5. The first kappa shape index (κ1) is 14.7. The van der Waals surface area contributed by atoms with Gasteiger partial charge in [-0.2, -0.15) is 0 Å². The molecule has 20 heavy (non-hydrogen) atoms. The predicted octanol–water partition coefficient (Wildman–Crippen LogP) is 4.23. The third-order valence-electron chi connectivity index (χ3n) is 2.79. The lowest BCUT2D eigenvalue weighted by Crippen LogP contribution is -2.02. The normalized spacial score (nSPS) is 10.3. The molecular formula is C15H13Cl2NO2. The predicted molar refractivity (Wildman–Crippen MR) is 81.6 cm³/mol. The molecule has 0 atom stereocenters. The summed E-state index contributed by atoms with van der Waals surface area (Å²) in [5, 5.41) is 13.0. The van der Waals surface area contributed by atoms with Gasteiger partial charge in [0.15, 0.2) is 0 Å². The molecule has 104 valence electrons. The number of carboxylic acids is 1. The topological polar surface area (TPSA) is 49.3 Å². The second-order valence-corrected chi connectivity index (χ2v) is 5.18. The lowest BCUT2D eigenvalue weighted by molar-refractivity contribution is -0.136. The first-order valence-electron chi connectivity index (χ1n) is 6.03. The standard InChI is InChI=1S/C15H13Cl2NO2/c16-13-6-5-12(8-14(13)17)18-9-11-3-1-10(2-4-11)7-15(19)20/h1-6,8,18H,7,9H2,(H,19,20). The highest BCUT2D eigenvalue weighted by Crippen LogP contribution is 2.25. The summed E-state index contributed by atoms with van der Waals surface area (Å²) in [5.74, 6) is -0.827. The van der Waals surface area contributed by atoms with E-state index < -0.39 is 5.97 Å². The summed E-state index contributed by atoms with van der Waals surface area (Å²) in [4.78, 5) is 10.6. The summed E-state index contributed by atoms with van der Waals surface area (Å²) >= 11 is 11.8. The van der Waals surface area contributed by atoms with Crippen molar-refractivity contribution in [2.45, 2.75) is 13.0 Å². The quantitative estimate of drug-likeness (QED) is 0.869. The third kappa shape index (κ3) is 4.15. The van der Waals surface area contributed by atoms with E-state index in [1.807, 2.05) is 30.3 Å². The van der Waals surface area contributed by atoms with E-state index in [9.17, 15) is 4.79 Å². The maximum absolute atomic E-state index is 10.6. The first-order chi connectivity index (χ1) is 9.54. The third-order valence-corrected chi connectivity index (χ3v) is 3.53. The minimum Gasteiger partial charge on any atom is -0.481 e. The van der Waals surface area contributed by atoms with Crippen LogP contribution in [0.2, 0.25) is 10.0 Å². The van der Waals surface area contributed by atoms with Gasteiger partial charge in [-0.15, -0.1) is 0 Å². The van der Waals surface area contributed by atoms with Gasteiger partial charge in [-0.1, -0.05) is 47.5 Å². The number of hydrogen-bond acceptors (Lipinski definition) is 2. The Morgan fingerprint density at radius 3 is 2.25 bits per heavy atom. The first-order valence-corrected chi connectivity index (χ1v) is 6.79. The molecule has 0 heterocycles. The van der Waals surface area contributed by atoms with Crippen LogP contribution in [0.1, 0.15) is 11.1 Å². The van der Waals surface area contributed by atoms with Crippen molar-refractivity contribution in [3.63, 3.8) is 0 Å². The molecule has 0 aromatic heterocycles. The van der Waals surface area contributed by atoms with Crippen LogP contribution in [-0.2, 0) is 17.8 Å². The van der Waals surface area contributed by atoms with Gasteiger partial charge >= 0.3 is 5.97 Å². The van der Waals surface area contributed by atoms with Crippen molar-refractivity contribution in [3.05, 3.63) is 63.6 Å². The molecule has 0 radical (unpaired) electrons. The number of nitrogens with one attached hydrogen (secondary N) is 1. The summed E-state index contributed by atoms with van der Waals surface area (Å²) in [6, 6.07) is 12.8. The lowest BCUT2D eigenvalue weighted by atomic mass is 10.1. The van der Waals surface area contributed by atoms with Gasteiger partial charge < -0.3 is 10.4 Å². The number of benzene rings is 2. The number of rotatable bonds is 5. The fraction of sp³-hybridized carbons (Fsp3) is 0.133. The Morgan fingerprint density at radius 2 is 1.65 bits per heavy atom. The molecule has 0 unspecified atom stereocenters. The molecule has 0 spiro atoms. The molecule has 5 heteroatoms. The molecule has 0 aliphatic carbocycles. The Morgan fingerprint density at radius 1 is 1.00 bits per heavy atom. The SMILES string of the molecule is O=C(O)Cc1ccc(CNc2ccc(Cl)c(Cl)c2)cc1. The van der Waals surface area contributed by atoms with E-state index >= 15 is 0 Å². The van der Waals surface area contributed by atoms with Crippen LogP contribution in [0.5, 0.6) is 0 Å². The monoisotopic (exact) mass is 309 g/mol. The van der Waals surface area contributed by atoms with Crippen LogP contribution in [0.3, 0.4) is 0 Å². The van der Waals surface area contributed by atoms with E-state index in [4.69, 9.17) is 28.3 Å². The van der Waals surface area contributed by atoms with Crippen molar-refractivity contribution in [1.82, 2.24) is 0 Å². The van der Waals surface area contributed by atoms with E-state index in [1.54, 1.807) is 12.1 Å². The average molecular weight is 310 g/mol. The fourth-order valence-corrected chi connectivity index (χ4v) is 2.06. The Hall–Kier alpha value is -1.71. The van der Waals surface area contributed by atoms with E-state index in [0.29, 0.717) is 16.6 Å². The molecule has 2 rings (SSSR count). The van der Waals surface area contributed by atoms with Crippen LogP contribution in [0, 0.1) is 0 Å². The molecule has 3 nitrogen and oxygen atoms in total. The van der Waals surface area contributed by atoms with Crippen molar-refractivity contribution >= 4 is 34.9 Å². The van der Waals surface area contributed by atoms with Gasteiger partial charge in [-0.05, 0) is 29.3 Å². The van der Waals surface area contributed by atoms with Gasteiger partial charge in [0.25, 0.3) is 0 Å². The van der Waals surface area contributed by atoms with Gasteiger partial charge in [0.05, 0.1) is 16.5 Å². The zero-order valence-corrected chi connectivity index (χ0v) is 12.1. The highest BCUT2D eigenvalue weighted by Gasteiger charge is 2.02. The van der Waals surface area contributed by atoms with E-state index in [-0.39, 0.29) is 6.42 Å². The number of carboxylic acid groups (broad SMARTS) is 1. The van der Waals surface area contributed by atoms with Crippen LogP contribution in [0.4, 0.5) is 5.69 Å². The molecule has 2 aromatic carbocycles. The molecule has 0 bridgehead atoms. The molecule has 0 aliphatic heterocycles. The highest BCUT2D eigenvalue weighted by molar-refractivity contribution is 6.42. The zero-order valence-electron chi connectivity index (χ0n) is 10.6. The molecule has 0 fully saturated rings. The number of halogens is 2. The van der Waals surface area contributed by atoms with Gasteiger partial charge in [0.1, 0.15) is 0 Å². The van der Waals surface area contributed by atoms with Crippen molar-refractivity contribution in [3.8, 4) is 0 Å². The fourth-order valence-electron chi connectivity index (χ4n) is 1.76. The minimum absolute atomic E-state index is 0.0422. The second-order valence-electron chi connectivity index (χ2n) is 4.37. The minimum atomic E-state index is -0.827. The highest BCUT2D eigenvalue weighted by atomic mass is 35.5. The molecular weight excluding hydrogens is 297 g/mol. The van der Waals surface area contributed by atoms with Crippen LogP contribution < -0.4 is 5.32 Å². The van der Waals surface area contributed by atoms with Crippen LogP contribution in [0.25, 0.3) is 0 Å². The summed E-state index contributed by atoms with van der Waals surface area (Å²) in [6.07, 6.45) is 0.0422. The van der Waals surface area contributed by atoms with Crippen molar-refractivity contribution in [2.24, 2.45) is 0 Å². The van der Waals surface area contributed by atoms with E-state index in [2.05, 4.69) is 5.32 Å². The lowest BCUT2D eigenvalue weighted by Gasteiger charge is -2.08. The number of anilines is 1. The molecule has 0 saturated carbocycles. The van der Waals surface area contributed by atoms with Crippen molar-refractivity contribution in [2.75, 3.05) is 5.32 Å². The van der Waals surface area contributed by atoms with Gasteiger partial charge in [0, 0.05) is 12.2 Å². The van der Waals surface area contributed by atoms with E-state index in [0.717, 1.165) is 16.8 Å². The largest absolute Gasteiger partial charge is 0.481 e. The molecule has 2 aromatic rings. The number of hydrogen-bond donors (Lipinski definition) is 2. The Labute approximate surface area is 127 Å². The smallest absolute Gasteiger partial charge is 0.307 e. The van der Waals surface area contributed by atoms with E-state index in [1.165, 1.54) is 0 Å². The molecule has 0 amide bonds. The molecule has 0 aliphatic rings. The summed E-state index contributed by atoms with van der Waals surface area (Å²) < 4.78 is 0. The van der Waals surface area contributed by atoms with Gasteiger partial charge in [0.2, 0.25) is 0 Å². The maximum atomic E-state index is 10.6. The molecule has 2 N–H and O–H groups in total. The van der Waals surface area contributed by atoms with Crippen LogP contribution >= 0.6 is 23.2 Å². The molecule has 0 saturated heterocycles. The maximum Gasteiger partial charge on any atom is 0.307 e. The van der Waals surface area contributed by atoms with Crippen molar-refractivity contribution < 1.29 is 9.90 Å². The van der Waals surface area contributed by atoms with Crippen LogP contribution in [0.15, 0.2) is 42.5 Å². The number of aliphatic carboxylic acids is 1. The van der Waals surface area contributed by atoms with Gasteiger partial charge in [-0.25, -0.2) is 0 Å². The Bertz CT molecular complexity index is 612. The van der Waals surface area contributed by atoms with Crippen molar-refractivity contribution in [1.29, 1.82) is 0 Å². The number of carbonyl (C=O) groups is 1. The summed E-state index contributed by atoms with van der Waals surface area (Å²) in [6.45, 7) is 0.630. The second kappa shape index (κ2) is 6.64. The Kier molecular flexibility index (Phi) is 4.88.